The Morgan fingerprint density at radius 2 is 2.06 bits per heavy atom. The Morgan fingerprint density at radius 1 is 1.41 bits per heavy atom. The van der Waals surface area contributed by atoms with Crippen molar-refractivity contribution in [3.05, 3.63) is 28.2 Å². The Labute approximate surface area is 111 Å². The predicted octanol–water partition coefficient (Wildman–Crippen LogP) is 1.73. The van der Waals surface area contributed by atoms with Crippen molar-refractivity contribution in [1.29, 1.82) is 0 Å². The molecule has 0 aliphatic heterocycles. The monoisotopic (exact) mass is 320 g/mol. The summed E-state index contributed by atoms with van der Waals surface area (Å²) in [6.45, 7) is 2.71. The van der Waals surface area contributed by atoms with Crippen LogP contribution >= 0.6 is 15.9 Å². The highest BCUT2D eigenvalue weighted by Gasteiger charge is 2.22. The molecule has 4 nitrogen and oxygen atoms in total. The number of hydrogen-bond donors (Lipinski definition) is 1. The highest BCUT2D eigenvalue weighted by Crippen LogP contribution is 2.23. The number of rotatable bonds is 5. The Morgan fingerprint density at radius 3 is 2.65 bits per heavy atom. The molecule has 1 aromatic carbocycles. The average Bonchev–Trinajstić information content (AvgIpc) is 2.28. The van der Waals surface area contributed by atoms with Gasteiger partial charge in [0, 0.05) is 18.1 Å². The summed E-state index contributed by atoms with van der Waals surface area (Å²) in [6, 6.07) is 5.24. The van der Waals surface area contributed by atoms with Crippen LogP contribution in [-0.4, -0.2) is 32.9 Å². The standard InChI is InChI=1S/C11H17BrN2O2S/c1-9-4-5-10(12)8-11(9)17(15,16)14(2)7-3-6-13/h4-5,8H,3,6-7,13H2,1-2H3. The zero-order valence-corrected chi connectivity index (χ0v) is 12.4. The lowest BCUT2D eigenvalue weighted by Crippen LogP contribution is -2.29. The number of aryl methyl sites for hydroxylation is 1. The fourth-order valence-electron chi connectivity index (χ4n) is 1.45. The minimum Gasteiger partial charge on any atom is -0.330 e. The van der Waals surface area contributed by atoms with Crippen LogP contribution in [0.2, 0.25) is 0 Å². The van der Waals surface area contributed by atoms with E-state index in [1.54, 1.807) is 26.1 Å². The summed E-state index contributed by atoms with van der Waals surface area (Å²) in [7, 11) is -1.84. The lowest BCUT2D eigenvalue weighted by molar-refractivity contribution is 0.463. The number of hydrogen-bond acceptors (Lipinski definition) is 3. The molecule has 0 bridgehead atoms. The van der Waals surface area contributed by atoms with Crippen molar-refractivity contribution in [2.75, 3.05) is 20.1 Å². The van der Waals surface area contributed by atoms with E-state index < -0.39 is 10.0 Å². The van der Waals surface area contributed by atoms with Gasteiger partial charge in [-0.05, 0) is 37.6 Å². The summed E-state index contributed by atoms with van der Waals surface area (Å²) in [5.41, 5.74) is 6.13. The molecule has 6 heteroatoms. The van der Waals surface area contributed by atoms with Gasteiger partial charge in [0.1, 0.15) is 0 Å². The Hall–Kier alpha value is -0.430. The fraction of sp³-hybridized carbons (Fsp3) is 0.455. The van der Waals surface area contributed by atoms with E-state index in [4.69, 9.17) is 5.73 Å². The first-order valence-electron chi connectivity index (χ1n) is 5.32. The van der Waals surface area contributed by atoms with Gasteiger partial charge in [0.25, 0.3) is 0 Å². The Balaban J connectivity index is 3.08. The lowest BCUT2D eigenvalue weighted by atomic mass is 10.2. The van der Waals surface area contributed by atoms with Gasteiger partial charge in [-0.2, -0.15) is 0 Å². The summed E-state index contributed by atoms with van der Waals surface area (Å²) in [5, 5.41) is 0. The molecule has 0 amide bonds. The second-order valence-electron chi connectivity index (χ2n) is 3.88. The highest BCUT2D eigenvalue weighted by atomic mass is 79.9. The molecular weight excluding hydrogens is 304 g/mol. The highest BCUT2D eigenvalue weighted by molar-refractivity contribution is 9.10. The van der Waals surface area contributed by atoms with Crippen LogP contribution in [0.25, 0.3) is 0 Å². The molecule has 0 fully saturated rings. The molecule has 1 aromatic rings. The van der Waals surface area contributed by atoms with Crippen molar-refractivity contribution in [1.82, 2.24) is 4.31 Å². The van der Waals surface area contributed by atoms with Crippen molar-refractivity contribution in [2.24, 2.45) is 5.73 Å². The van der Waals surface area contributed by atoms with E-state index in [1.807, 2.05) is 6.07 Å². The predicted molar refractivity (Wildman–Crippen MR) is 72.4 cm³/mol. The summed E-state index contributed by atoms with van der Waals surface area (Å²) < 4.78 is 26.7. The van der Waals surface area contributed by atoms with Crippen molar-refractivity contribution < 1.29 is 8.42 Å². The Kier molecular flexibility index (Phi) is 5.12. The third-order valence-electron chi connectivity index (χ3n) is 2.52. The van der Waals surface area contributed by atoms with Crippen LogP contribution in [0.3, 0.4) is 0 Å². The zero-order valence-electron chi connectivity index (χ0n) is 9.98. The summed E-state index contributed by atoms with van der Waals surface area (Å²) in [5.74, 6) is 0. The van der Waals surface area contributed by atoms with E-state index in [1.165, 1.54) is 4.31 Å². The van der Waals surface area contributed by atoms with Crippen LogP contribution in [0, 0.1) is 6.92 Å². The smallest absolute Gasteiger partial charge is 0.243 e. The third kappa shape index (κ3) is 3.51. The van der Waals surface area contributed by atoms with Crippen LogP contribution in [0.1, 0.15) is 12.0 Å². The fourth-order valence-corrected chi connectivity index (χ4v) is 3.42. The van der Waals surface area contributed by atoms with Crippen molar-refractivity contribution >= 4 is 26.0 Å². The SMILES string of the molecule is Cc1ccc(Br)cc1S(=O)(=O)N(C)CCCN. The molecule has 0 unspecified atom stereocenters. The van der Waals surface area contributed by atoms with Gasteiger partial charge in [0.15, 0.2) is 0 Å². The number of benzene rings is 1. The number of nitrogens with zero attached hydrogens (tertiary/aromatic N) is 1. The van der Waals surface area contributed by atoms with Gasteiger partial charge in [-0.1, -0.05) is 22.0 Å². The number of sulfonamides is 1. The summed E-state index contributed by atoms with van der Waals surface area (Å²) in [4.78, 5) is 0.339. The number of nitrogens with two attached hydrogens (primary N) is 1. The molecular formula is C11H17BrN2O2S. The molecule has 1 rings (SSSR count). The van der Waals surface area contributed by atoms with Gasteiger partial charge in [-0.25, -0.2) is 12.7 Å². The molecule has 0 heterocycles. The van der Waals surface area contributed by atoms with Crippen molar-refractivity contribution in [2.45, 2.75) is 18.2 Å². The van der Waals surface area contributed by atoms with E-state index in [-0.39, 0.29) is 0 Å². The van der Waals surface area contributed by atoms with Gasteiger partial charge in [-0.15, -0.1) is 0 Å². The second-order valence-corrected chi connectivity index (χ2v) is 6.81. The Bertz CT molecular complexity index is 488. The van der Waals surface area contributed by atoms with E-state index >= 15 is 0 Å². The van der Waals surface area contributed by atoms with Crippen molar-refractivity contribution in [3.8, 4) is 0 Å². The molecule has 2 N–H and O–H groups in total. The first-order valence-corrected chi connectivity index (χ1v) is 7.55. The first-order chi connectivity index (χ1) is 7.89. The second kappa shape index (κ2) is 5.95. The van der Waals surface area contributed by atoms with Gasteiger partial charge in [-0.3, -0.25) is 0 Å². The maximum Gasteiger partial charge on any atom is 0.243 e. The average molecular weight is 321 g/mol. The molecule has 0 aromatic heterocycles. The lowest BCUT2D eigenvalue weighted by Gasteiger charge is -2.18. The maximum absolute atomic E-state index is 12.3. The van der Waals surface area contributed by atoms with Crippen molar-refractivity contribution in [3.63, 3.8) is 0 Å². The molecule has 0 saturated heterocycles. The maximum atomic E-state index is 12.3. The topological polar surface area (TPSA) is 63.4 Å². The third-order valence-corrected chi connectivity index (χ3v) is 5.01. The van der Waals surface area contributed by atoms with Crippen LogP contribution in [0.4, 0.5) is 0 Å². The minimum absolute atomic E-state index is 0.339. The zero-order chi connectivity index (χ0) is 13.1. The molecule has 0 radical (unpaired) electrons. The van der Waals surface area contributed by atoms with E-state index in [2.05, 4.69) is 15.9 Å². The molecule has 0 spiro atoms. The number of halogens is 1. The van der Waals surface area contributed by atoms with E-state index in [9.17, 15) is 8.42 Å². The molecule has 96 valence electrons. The van der Waals surface area contributed by atoms with E-state index in [0.717, 1.165) is 10.0 Å². The largest absolute Gasteiger partial charge is 0.330 e. The van der Waals surface area contributed by atoms with Crippen LogP contribution < -0.4 is 5.73 Å². The first kappa shape index (κ1) is 14.6. The summed E-state index contributed by atoms with van der Waals surface area (Å²) >= 11 is 3.29. The quantitative estimate of drug-likeness (QED) is 0.898. The van der Waals surface area contributed by atoms with Gasteiger partial charge in [0.2, 0.25) is 10.0 Å². The summed E-state index contributed by atoms with van der Waals surface area (Å²) in [6.07, 6.45) is 0.656. The normalized spacial score (nSPS) is 12.1. The van der Waals surface area contributed by atoms with Crippen LogP contribution in [0.5, 0.6) is 0 Å². The van der Waals surface area contributed by atoms with Crippen LogP contribution in [0.15, 0.2) is 27.6 Å². The molecule has 17 heavy (non-hydrogen) atoms. The van der Waals surface area contributed by atoms with Gasteiger partial charge >= 0.3 is 0 Å². The minimum atomic E-state index is -3.42. The van der Waals surface area contributed by atoms with E-state index in [0.29, 0.717) is 24.4 Å². The molecule has 0 saturated carbocycles. The molecule has 0 aliphatic rings. The van der Waals surface area contributed by atoms with Crippen LogP contribution in [-0.2, 0) is 10.0 Å². The van der Waals surface area contributed by atoms with Gasteiger partial charge in [0.05, 0.1) is 4.90 Å². The van der Waals surface area contributed by atoms with Gasteiger partial charge < -0.3 is 5.73 Å². The molecule has 0 aliphatic carbocycles. The molecule has 0 atom stereocenters.